The van der Waals surface area contributed by atoms with Crippen LogP contribution in [0.1, 0.15) is 18.1 Å². The molecule has 1 heterocycles. The van der Waals surface area contributed by atoms with Gasteiger partial charge in [0.2, 0.25) is 0 Å². The molecule has 2 aromatic rings. The van der Waals surface area contributed by atoms with Gasteiger partial charge in [0.25, 0.3) is 0 Å². The standard InChI is InChI=1S/C19H23NO2/c1-13-4-8-15(9-5-13)16-10-6-14(7-11-16)12-19(2,20)17-18(21-3)22-17/h4-11,17-18H,12,20H2,1-3H3. The molecule has 3 heteroatoms. The Balaban J connectivity index is 1.70. The Morgan fingerprint density at radius 2 is 1.59 bits per heavy atom. The van der Waals surface area contributed by atoms with E-state index in [0.29, 0.717) is 0 Å². The van der Waals surface area contributed by atoms with Crippen LogP contribution < -0.4 is 5.73 Å². The quantitative estimate of drug-likeness (QED) is 0.861. The minimum Gasteiger partial charge on any atom is -0.353 e. The lowest BCUT2D eigenvalue weighted by Crippen LogP contribution is -2.45. The van der Waals surface area contributed by atoms with Crippen molar-refractivity contribution in [1.82, 2.24) is 0 Å². The Kier molecular flexibility index (Phi) is 4.04. The highest BCUT2D eigenvalue weighted by Crippen LogP contribution is 2.33. The highest BCUT2D eigenvalue weighted by atomic mass is 16.8. The molecule has 0 saturated carbocycles. The molecule has 3 nitrogen and oxygen atoms in total. The van der Waals surface area contributed by atoms with E-state index in [-0.39, 0.29) is 12.4 Å². The zero-order valence-corrected chi connectivity index (χ0v) is 13.4. The Labute approximate surface area is 132 Å². The van der Waals surface area contributed by atoms with Gasteiger partial charge in [-0.2, -0.15) is 0 Å². The number of rotatable bonds is 5. The van der Waals surface area contributed by atoms with Crippen LogP contribution in [0.25, 0.3) is 11.1 Å². The topological polar surface area (TPSA) is 47.8 Å². The normalized spacial score (nSPS) is 23.1. The zero-order valence-electron chi connectivity index (χ0n) is 13.4. The van der Waals surface area contributed by atoms with Crippen LogP contribution in [0.2, 0.25) is 0 Å². The lowest BCUT2D eigenvalue weighted by atomic mass is 9.89. The molecule has 3 unspecified atom stereocenters. The van der Waals surface area contributed by atoms with Crippen molar-refractivity contribution in [1.29, 1.82) is 0 Å². The number of epoxide rings is 1. The maximum atomic E-state index is 6.38. The van der Waals surface area contributed by atoms with E-state index in [1.807, 2.05) is 6.92 Å². The van der Waals surface area contributed by atoms with Crippen molar-refractivity contribution in [2.75, 3.05) is 7.11 Å². The van der Waals surface area contributed by atoms with Crippen molar-refractivity contribution < 1.29 is 9.47 Å². The van der Waals surface area contributed by atoms with Crippen molar-refractivity contribution in [2.45, 2.75) is 38.2 Å². The summed E-state index contributed by atoms with van der Waals surface area (Å²) >= 11 is 0. The second-order valence-corrected chi connectivity index (χ2v) is 6.41. The van der Waals surface area contributed by atoms with Crippen molar-refractivity contribution in [2.24, 2.45) is 5.73 Å². The maximum absolute atomic E-state index is 6.38. The second-order valence-electron chi connectivity index (χ2n) is 6.41. The van der Waals surface area contributed by atoms with Crippen LogP contribution in [0, 0.1) is 6.92 Å². The van der Waals surface area contributed by atoms with Crippen molar-refractivity contribution in [3.63, 3.8) is 0 Å². The lowest BCUT2D eigenvalue weighted by molar-refractivity contribution is 0.0950. The van der Waals surface area contributed by atoms with Gasteiger partial charge in [-0.1, -0.05) is 54.1 Å². The van der Waals surface area contributed by atoms with Gasteiger partial charge < -0.3 is 15.2 Å². The molecular weight excluding hydrogens is 274 g/mol. The number of ether oxygens (including phenoxy) is 2. The summed E-state index contributed by atoms with van der Waals surface area (Å²) in [6, 6.07) is 17.2. The Hall–Kier alpha value is -1.68. The molecule has 0 aromatic heterocycles. The fourth-order valence-electron chi connectivity index (χ4n) is 2.85. The molecule has 1 fully saturated rings. The molecule has 3 rings (SSSR count). The number of methoxy groups -OCH3 is 1. The van der Waals surface area contributed by atoms with E-state index in [2.05, 4.69) is 55.5 Å². The van der Waals surface area contributed by atoms with E-state index in [0.717, 1.165) is 6.42 Å². The fourth-order valence-corrected chi connectivity index (χ4v) is 2.85. The van der Waals surface area contributed by atoms with Gasteiger partial charge in [0, 0.05) is 12.6 Å². The van der Waals surface area contributed by atoms with Gasteiger partial charge in [-0.3, -0.25) is 0 Å². The molecule has 0 radical (unpaired) electrons. The van der Waals surface area contributed by atoms with Gasteiger partial charge in [0.05, 0.1) is 0 Å². The van der Waals surface area contributed by atoms with Gasteiger partial charge in [0.1, 0.15) is 6.10 Å². The first-order valence-corrected chi connectivity index (χ1v) is 7.63. The van der Waals surface area contributed by atoms with Gasteiger partial charge in [-0.05, 0) is 37.0 Å². The van der Waals surface area contributed by atoms with Gasteiger partial charge in [-0.15, -0.1) is 0 Å². The van der Waals surface area contributed by atoms with E-state index in [1.165, 1.54) is 22.3 Å². The lowest BCUT2D eigenvalue weighted by Gasteiger charge is -2.22. The third kappa shape index (κ3) is 3.22. The largest absolute Gasteiger partial charge is 0.353 e. The number of nitrogens with two attached hydrogens (primary N) is 1. The minimum atomic E-state index is -0.411. The van der Waals surface area contributed by atoms with Crippen LogP contribution in [0.4, 0.5) is 0 Å². The first-order chi connectivity index (χ1) is 10.5. The smallest absolute Gasteiger partial charge is 0.185 e. The van der Waals surface area contributed by atoms with Crippen molar-refractivity contribution in [3.8, 4) is 11.1 Å². The first-order valence-electron chi connectivity index (χ1n) is 7.63. The Morgan fingerprint density at radius 3 is 2.09 bits per heavy atom. The third-order valence-electron chi connectivity index (χ3n) is 4.26. The van der Waals surface area contributed by atoms with Gasteiger partial charge in [-0.25, -0.2) is 0 Å². The van der Waals surface area contributed by atoms with Crippen molar-refractivity contribution in [3.05, 3.63) is 59.7 Å². The highest BCUT2D eigenvalue weighted by molar-refractivity contribution is 5.63. The summed E-state index contributed by atoms with van der Waals surface area (Å²) in [6.45, 7) is 4.12. The third-order valence-corrected chi connectivity index (χ3v) is 4.26. The predicted molar refractivity (Wildman–Crippen MR) is 88.6 cm³/mol. The zero-order chi connectivity index (χ0) is 15.7. The summed E-state index contributed by atoms with van der Waals surface area (Å²) in [5.41, 5.74) is 10.9. The summed E-state index contributed by atoms with van der Waals surface area (Å²) in [5, 5.41) is 0. The van der Waals surface area contributed by atoms with E-state index < -0.39 is 5.54 Å². The van der Waals surface area contributed by atoms with Gasteiger partial charge in [0.15, 0.2) is 6.29 Å². The first kappa shape index (κ1) is 15.2. The summed E-state index contributed by atoms with van der Waals surface area (Å²) in [5.74, 6) is 0. The molecule has 2 aromatic carbocycles. The molecule has 22 heavy (non-hydrogen) atoms. The van der Waals surface area contributed by atoms with Crippen LogP contribution in [-0.4, -0.2) is 25.0 Å². The SMILES string of the molecule is COC1OC1C(C)(N)Cc1ccc(-c2ccc(C)cc2)cc1. The highest BCUT2D eigenvalue weighted by Gasteiger charge is 2.50. The molecule has 0 aliphatic carbocycles. The number of hydrogen-bond donors (Lipinski definition) is 1. The maximum Gasteiger partial charge on any atom is 0.185 e. The second kappa shape index (κ2) is 5.84. The molecule has 0 amide bonds. The van der Waals surface area contributed by atoms with Crippen LogP contribution in [0.5, 0.6) is 0 Å². The van der Waals surface area contributed by atoms with Crippen molar-refractivity contribution >= 4 is 0 Å². The number of benzene rings is 2. The van der Waals surface area contributed by atoms with Gasteiger partial charge >= 0.3 is 0 Å². The van der Waals surface area contributed by atoms with E-state index in [4.69, 9.17) is 15.2 Å². The summed E-state index contributed by atoms with van der Waals surface area (Å²) in [7, 11) is 1.65. The van der Waals surface area contributed by atoms with Crippen LogP contribution in [0.3, 0.4) is 0 Å². The molecule has 0 spiro atoms. The summed E-state index contributed by atoms with van der Waals surface area (Å²) in [6.07, 6.45) is 0.599. The average molecular weight is 297 g/mol. The molecular formula is C19H23NO2. The molecule has 1 aliphatic heterocycles. The summed E-state index contributed by atoms with van der Waals surface area (Å²) in [4.78, 5) is 0. The minimum absolute atomic E-state index is 0.0192. The van der Waals surface area contributed by atoms with E-state index in [1.54, 1.807) is 7.11 Å². The monoisotopic (exact) mass is 297 g/mol. The number of aryl methyl sites for hydroxylation is 1. The Morgan fingerprint density at radius 1 is 1.05 bits per heavy atom. The van der Waals surface area contributed by atoms with Crippen LogP contribution in [0.15, 0.2) is 48.5 Å². The molecule has 1 aliphatic rings. The van der Waals surface area contributed by atoms with Crippen LogP contribution >= 0.6 is 0 Å². The summed E-state index contributed by atoms with van der Waals surface area (Å²) < 4.78 is 10.6. The average Bonchev–Trinajstić information content (AvgIpc) is 3.29. The van der Waals surface area contributed by atoms with Crippen LogP contribution in [-0.2, 0) is 15.9 Å². The molecule has 2 N–H and O–H groups in total. The van der Waals surface area contributed by atoms with E-state index in [9.17, 15) is 0 Å². The predicted octanol–water partition coefficient (Wildman–Crippen LogP) is 3.29. The molecule has 3 atom stereocenters. The van der Waals surface area contributed by atoms with E-state index >= 15 is 0 Å². The molecule has 0 bridgehead atoms. The molecule has 116 valence electrons. The fraction of sp³-hybridized carbons (Fsp3) is 0.368. The molecule has 1 saturated heterocycles. The number of hydrogen-bond acceptors (Lipinski definition) is 3. The Bertz CT molecular complexity index is 631.